The molecule has 0 bridgehead atoms. The van der Waals surface area contributed by atoms with Gasteiger partial charge in [-0.25, -0.2) is 20.8 Å². The first-order valence-electron chi connectivity index (χ1n) is 33.3. The minimum atomic E-state index is -0.0208. The van der Waals surface area contributed by atoms with Gasteiger partial charge in [-0.3, -0.25) is 48.8 Å². The van der Waals surface area contributed by atoms with E-state index in [2.05, 4.69) is 81.8 Å². The Morgan fingerprint density at radius 1 is 0.535 bits per heavy atom. The van der Waals surface area contributed by atoms with E-state index in [0.717, 1.165) is 134 Å². The van der Waals surface area contributed by atoms with Gasteiger partial charge < -0.3 is 30.7 Å². The number of methoxy groups -OCH3 is 1. The number of anilines is 4. The molecule has 1 aromatic carbocycles. The topological polar surface area (TPSA) is 312 Å². The molecule has 0 saturated heterocycles. The lowest BCUT2D eigenvalue weighted by molar-refractivity contribution is -0.145. The number of aromatic nitrogens is 14. The number of amides is 1. The lowest BCUT2D eigenvalue weighted by Gasteiger charge is -2.12. The number of ketones is 1. The van der Waals surface area contributed by atoms with Crippen LogP contribution in [0, 0.1) is 17.8 Å². The van der Waals surface area contributed by atoms with Gasteiger partial charge in [-0.15, -0.1) is 10.2 Å². The first-order valence-corrected chi connectivity index (χ1v) is 34.9. The average Bonchev–Trinajstić information content (AvgIpc) is 1.80. The van der Waals surface area contributed by atoms with E-state index in [1.807, 2.05) is 149 Å². The zero-order chi connectivity index (χ0) is 69.0. The minimum absolute atomic E-state index is 0.00694. The molecule has 15 rings (SSSR count). The number of esters is 1. The van der Waals surface area contributed by atoms with Crippen LogP contribution in [0.5, 0.6) is 5.75 Å². The lowest BCUT2D eigenvalue weighted by Crippen LogP contribution is -2.35. The van der Waals surface area contributed by atoms with Gasteiger partial charge in [0.25, 0.3) is 5.17 Å². The first-order chi connectivity index (χ1) is 48.2. The second-order valence-corrected chi connectivity index (χ2v) is 26.5. The van der Waals surface area contributed by atoms with E-state index in [0.29, 0.717) is 28.4 Å². The van der Waals surface area contributed by atoms with Gasteiger partial charge in [-0.2, -0.15) is 15.3 Å². The number of hydrogen-bond acceptors (Lipinski definition) is 21. The van der Waals surface area contributed by atoms with Crippen LogP contribution in [0.2, 0.25) is 0 Å². The standard InChI is InChI=1S/C20H22N6OS.C19H19N7S.C19H15N5OS.C7H12O2.C6H12N2O/c1-26-12-15(10-23-26)14-8-17-16(21-9-14)6-7-19(24-17)25-20(28)22-11-18(27)13-4-2-3-5-13;1-26-11-14(10-21-26)13-8-16-15(20-9-13)6-7-17(22-16)23-19-25-24-18(27-19)12-4-2-3-5-12;1-24-12-14(11-21-24)13-9-17-16(20-10-13)7-8-18(22-17)23-19(26)25-15-5-3-2-4-6-15;1-9-7(8)6-4-2-3-5-6;7-8-6(9)5-3-1-2-4-5/h6-10,12-13H,2-5,11H2,1H3,(H2,22,24,25,28);6-12H,2-5H2,1H3,(H,22,23,25);2-12H,1H3,(H,22,23,26);6H,2-5H2,1H3;5H,1-4,7H2,(H,8,9). The van der Waals surface area contributed by atoms with E-state index in [1.54, 1.807) is 37.8 Å². The molecule has 10 heterocycles. The summed E-state index contributed by atoms with van der Waals surface area (Å²) < 4.78 is 15.5. The minimum Gasteiger partial charge on any atom is -0.469 e. The van der Waals surface area contributed by atoms with Crippen LogP contribution in [0.1, 0.15) is 114 Å². The maximum absolute atomic E-state index is 12.2. The molecule has 0 atom stereocenters. The Bertz CT molecular complexity index is 4530. The second kappa shape index (κ2) is 34.4. The zero-order valence-electron chi connectivity index (χ0n) is 55.7. The van der Waals surface area contributed by atoms with Crippen LogP contribution >= 0.6 is 35.8 Å². The first kappa shape index (κ1) is 70.2. The van der Waals surface area contributed by atoms with Crippen LogP contribution in [-0.4, -0.2) is 111 Å². The molecule has 25 nitrogen and oxygen atoms in total. The highest BCUT2D eigenvalue weighted by molar-refractivity contribution is 7.80. The third kappa shape index (κ3) is 19.8. The lowest BCUT2D eigenvalue weighted by atomic mass is 10.0. The van der Waals surface area contributed by atoms with Crippen molar-refractivity contribution in [3.63, 3.8) is 0 Å². The number of carbonyl (C=O) groups excluding carboxylic acids is 3. The van der Waals surface area contributed by atoms with Crippen LogP contribution in [0.15, 0.2) is 141 Å². The fraction of sp³-hybridized carbons (Fsp3) is 0.352. The van der Waals surface area contributed by atoms with Crippen molar-refractivity contribution in [1.29, 1.82) is 0 Å². The largest absolute Gasteiger partial charge is 0.469 e. The zero-order valence-corrected chi connectivity index (χ0v) is 58.2. The summed E-state index contributed by atoms with van der Waals surface area (Å²) in [5.74, 6) is 9.00. The average molecular weight is 1390 g/mol. The van der Waals surface area contributed by atoms with Crippen molar-refractivity contribution in [1.82, 2.24) is 80.2 Å². The fourth-order valence-corrected chi connectivity index (χ4v) is 13.5. The van der Waals surface area contributed by atoms with E-state index in [9.17, 15) is 14.4 Å². The monoisotopic (exact) mass is 1390 g/mol. The maximum Gasteiger partial charge on any atom is 0.308 e. The van der Waals surface area contributed by atoms with Crippen molar-refractivity contribution >= 4 is 119 Å². The van der Waals surface area contributed by atoms with Gasteiger partial charge >= 0.3 is 5.97 Å². The second-order valence-electron chi connectivity index (χ2n) is 24.7. The predicted octanol–water partition coefficient (Wildman–Crippen LogP) is 12.7. The number of hydrazine groups is 1. The van der Waals surface area contributed by atoms with Crippen LogP contribution < -0.4 is 37.3 Å². The number of hydrogen-bond donors (Lipinski definition) is 6. The smallest absolute Gasteiger partial charge is 0.308 e. The van der Waals surface area contributed by atoms with E-state index < -0.39 is 0 Å². The number of thiocarbonyl (C=S) groups is 2. The van der Waals surface area contributed by atoms with Crippen molar-refractivity contribution in [2.24, 2.45) is 44.7 Å². The molecule has 0 unspecified atom stereocenters. The quantitative estimate of drug-likeness (QED) is 0.0194. The van der Waals surface area contributed by atoms with Gasteiger partial charge in [-0.05, 0) is 143 Å². The number of nitrogens with zero attached hydrogens (tertiary/aromatic N) is 14. The van der Waals surface area contributed by atoms with Crippen molar-refractivity contribution in [3.8, 4) is 39.1 Å². The van der Waals surface area contributed by atoms with Crippen LogP contribution in [0.4, 0.5) is 22.6 Å². The molecule has 0 spiro atoms. The summed E-state index contributed by atoms with van der Waals surface area (Å²) >= 11 is 12.2. The number of para-hydroxylation sites is 1. The van der Waals surface area contributed by atoms with Gasteiger partial charge in [0.2, 0.25) is 11.0 Å². The van der Waals surface area contributed by atoms with E-state index in [4.69, 9.17) is 40.0 Å². The highest BCUT2D eigenvalue weighted by Crippen LogP contribution is 2.37. The number of rotatable bonds is 14. The van der Waals surface area contributed by atoms with Gasteiger partial charge in [0.1, 0.15) is 28.2 Å². The fourth-order valence-electron chi connectivity index (χ4n) is 12.2. The summed E-state index contributed by atoms with van der Waals surface area (Å²) in [5, 5.41) is 36.2. The number of Topliss-reactive ketones (excluding diaryl/α,β-unsaturated/α-hetero) is 1. The summed E-state index contributed by atoms with van der Waals surface area (Å²) in [6.07, 6.45) is 34.9. The van der Waals surface area contributed by atoms with Crippen molar-refractivity contribution in [3.05, 3.63) is 146 Å². The summed E-state index contributed by atoms with van der Waals surface area (Å²) in [6, 6.07) is 26.7. The summed E-state index contributed by atoms with van der Waals surface area (Å²) in [7, 11) is 7.12. The normalized spacial score (nSPS) is 14.6. The Labute approximate surface area is 588 Å². The predicted molar refractivity (Wildman–Crippen MR) is 392 cm³/mol. The number of benzene rings is 1. The molecule has 10 aromatic heterocycles. The van der Waals surface area contributed by atoms with Crippen molar-refractivity contribution in [2.75, 3.05) is 29.6 Å². The number of fused-ring (bicyclic) bond motifs is 3. The Kier molecular flexibility index (Phi) is 24.4. The number of nitrogens with one attached hydrogen (secondary N) is 5. The van der Waals surface area contributed by atoms with Crippen molar-refractivity contribution < 1.29 is 23.9 Å². The summed E-state index contributed by atoms with van der Waals surface area (Å²) in [6.45, 7) is 0.261. The molecule has 4 aliphatic carbocycles. The van der Waals surface area contributed by atoms with E-state index in [1.165, 1.54) is 58.5 Å². The summed E-state index contributed by atoms with van der Waals surface area (Å²) in [4.78, 5) is 61.1. The summed E-state index contributed by atoms with van der Waals surface area (Å²) in [5.41, 5.74) is 12.9. The highest BCUT2D eigenvalue weighted by Gasteiger charge is 2.25. The van der Waals surface area contributed by atoms with E-state index >= 15 is 0 Å². The van der Waals surface area contributed by atoms with Crippen LogP contribution in [0.25, 0.3) is 66.5 Å². The molecule has 7 N–H and O–H groups in total. The van der Waals surface area contributed by atoms with Gasteiger partial charge in [0.15, 0.2) is 10.9 Å². The maximum atomic E-state index is 12.2. The molecule has 1 amide bonds. The van der Waals surface area contributed by atoms with Crippen molar-refractivity contribution in [2.45, 2.75) is 109 Å². The number of nitrogens with two attached hydrogens (primary N) is 1. The van der Waals surface area contributed by atoms with E-state index in [-0.39, 0.29) is 47.1 Å². The molecule has 4 saturated carbocycles. The molecular formula is C71H80N20O5S3. The molecule has 0 radical (unpaired) electrons. The number of ether oxygens (including phenoxy) is 2. The Morgan fingerprint density at radius 2 is 0.990 bits per heavy atom. The Hall–Kier alpha value is -10.2. The van der Waals surface area contributed by atoms with Gasteiger partial charge in [0.05, 0.1) is 71.3 Å². The molecular weight excluding hydrogens is 1310 g/mol. The molecule has 4 fully saturated rings. The number of pyridine rings is 6. The van der Waals surface area contributed by atoms with Crippen LogP contribution in [-0.2, 0) is 40.3 Å². The van der Waals surface area contributed by atoms with Gasteiger partial charge in [0, 0.05) is 109 Å². The molecule has 11 aromatic rings. The third-order valence-corrected chi connectivity index (χ3v) is 19.0. The Morgan fingerprint density at radius 3 is 1.46 bits per heavy atom. The Balaban J connectivity index is 0.000000133. The molecule has 28 heteroatoms. The highest BCUT2D eigenvalue weighted by atomic mass is 32.1. The van der Waals surface area contributed by atoms with Gasteiger partial charge in [-0.1, -0.05) is 80.9 Å². The molecule has 4 aliphatic rings. The number of aryl methyl sites for hydroxylation is 3. The molecule has 512 valence electrons. The molecule has 99 heavy (non-hydrogen) atoms. The SMILES string of the molecule is COC(=O)C1CCCC1.Cn1cc(-c2cnc3ccc(NC(=S)NCC(=O)C4CCCC4)nc3c2)cn1.Cn1cc(-c2cnc3ccc(NC(=S)Oc4ccccc4)nc3c2)cn1.Cn1cc(-c2cnc3ccc(Nc4nnc(C5CCCC5)s4)nc3c2)cn1.NNC(=O)C1CCCC1. The van der Waals surface area contributed by atoms with Crippen LogP contribution in [0.3, 0.4) is 0 Å². The third-order valence-electron chi connectivity index (χ3n) is 17.5. The number of carbonyl (C=O) groups is 3. The molecule has 0 aliphatic heterocycles.